The van der Waals surface area contributed by atoms with Crippen LogP contribution in [0.2, 0.25) is 0 Å². The highest BCUT2D eigenvalue weighted by molar-refractivity contribution is 6.58. The Morgan fingerprint density at radius 3 is 2.18 bits per heavy atom. The zero-order chi connectivity index (χ0) is 32.0. The minimum absolute atomic E-state index is 0.0942. The molecule has 3 aromatic carbocycles. The van der Waals surface area contributed by atoms with Gasteiger partial charge in [0.15, 0.2) is 9.75 Å². The van der Waals surface area contributed by atoms with E-state index in [2.05, 4.69) is 0 Å². The van der Waals surface area contributed by atoms with E-state index >= 15 is 0 Å². The van der Waals surface area contributed by atoms with Crippen molar-refractivity contribution >= 4 is 58.2 Å². The number of imide groups is 2. The Hall–Kier alpha value is -4.01. The van der Waals surface area contributed by atoms with Gasteiger partial charge in [-0.05, 0) is 79.6 Å². The van der Waals surface area contributed by atoms with Gasteiger partial charge in [0.25, 0.3) is 11.8 Å². The summed E-state index contributed by atoms with van der Waals surface area (Å²) in [6.07, 6.45) is 2.64. The van der Waals surface area contributed by atoms with Gasteiger partial charge in [-0.1, -0.05) is 48.9 Å². The molecule has 0 radical (unpaired) electrons. The number of benzene rings is 3. The van der Waals surface area contributed by atoms with Gasteiger partial charge < -0.3 is 5.11 Å². The number of halogens is 3. The quantitative estimate of drug-likeness (QED) is 0.208. The summed E-state index contributed by atoms with van der Waals surface area (Å²) < 4.78 is 13.8. The molecular weight excluding hydrogens is 618 g/mol. The zero-order valence-corrected chi connectivity index (χ0v) is 26.0. The van der Waals surface area contributed by atoms with Crippen LogP contribution in [0.3, 0.4) is 0 Å². The van der Waals surface area contributed by atoms with Crippen LogP contribution in [0.4, 0.5) is 15.8 Å². The lowest BCUT2D eigenvalue weighted by molar-refractivity contribution is -0.125. The maximum atomic E-state index is 14.4. The van der Waals surface area contributed by atoms with E-state index in [1.165, 1.54) is 17.0 Å². The third kappa shape index (κ3) is 3.94. The highest BCUT2D eigenvalue weighted by Gasteiger charge is 2.77. The van der Waals surface area contributed by atoms with Crippen LogP contribution in [0.5, 0.6) is 5.75 Å². The van der Waals surface area contributed by atoms with Crippen LogP contribution >= 0.6 is 23.2 Å². The molecule has 230 valence electrons. The summed E-state index contributed by atoms with van der Waals surface area (Å²) in [4.78, 5) is 54.6. The number of carbonyl (C=O) groups excluding carboxylic acids is 4. The molecule has 2 aliphatic heterocycles. The molecule has 2 heterocycles. The van der Waals surface area contributed by atoms with Crippen LogP contribution in [-0.2, 0) is 25.6 Å². The van der Waals surface area contributed by atoms with Gasteiger partial charge in [-0.3, -0.25) is 24.1 Å². The normalized spacial score (nSPS) is 30.7. The first-order chi connectivity index (χ1) is 21.4. The van der Waals surface area contributed by atoms with Crippen molar-refractivity contribution < 1.29 is 28.7 Å². The molecule has 0 bridgehead atoms. The van der Waals surface area contributed by atoms with Crippen LogP contribution in [-0.4, -0.2) is 38.5 Å². The summed E-state index contributed by atoms with van der Waals surface area (Å²) in [5.74, 6) is -6.45. The van der Waals surface area contributed by atoms with Gasteiger partial charge in [0.2, 0.25) is 11.8 Å². The fourth-order valence-electron chi connectivity index (χ4n) is 7.79. The third-order valence-electron chi connectivity index (χ3n) is 10.1. The SMILES string of the molecule is CCc1ccc(N2C(=O)C3CC=C4C(CC5(Cl)C(=O)N(c6ccc(F)cc6)C(=O)C5(Cl)C4c4cccc(C)c4O)C3C2=O)cc1. The lowest BCUT2D eigenvalue weighted by Gasteiger charge is -2.50. The number of phenolic OH excluding ortho intramolecular Hbond substituents is 1. The molecule has 10 heteroatoms. The molecule has 2 aliphatic carbocycles. The minimum atomic E-state index is -2.11. The van der Waals surface area contributed by atoms with Gasteiger partial charge in [-0.2, -0.15) is 0 Å². The van der Waals surface area contributed by atoms with Crippen molar-refractivity contribution in [1.29, 1.82) is 0 Å². The van der Waals surface area contributed by atoms with Crippen molar-refractivity contribution in [2.45, 2.75) is 48.8 Å². The predicted octanol–water partition coefficient (Wildman–Crippen LogP) is 6.17. The Morgan fingerprint density at radius 1 is 0.867 bits per heavy atom. The number of fused-ring (bicyclic) bond motifs is 4. The molecular formula is C35H29Cl2FN2O5. The Morgan fingerprint density at radius 2 is 1.51 bits per heavy atom. The second-order valence-electron chi connectivity index (χ2n) is 12.3. The summed E-state index contributed by atoms with van der Waals surface area (Å²) in [6.45, 7) is 3.71. The Kier molecular flexibility index (Phi) is 6.77. The van der Waals surface area contributed by atoms with E-state index in [0.717, 1.165) is 29.0 Å². The second-order valence-corrected chi connectivity index (χ2v) is 13.5. The number of amides is 4. The number of nitrogens with zero attached hydrogens (tertiary/aromatic N) is 2. The fraction of sp³-hybridized carbons (Fsp3) is 0.314. The molecule has 3 aromatic rings. The molecule has 1 saturated carbocycles. The molecule has 1 N–H and O–H groups in total. The van der Waals surface area contributed by atoms with Gasteiger partial charge in [0.1, 0.15) is 11.6 Å². The Balaban J connectivity index is 1.39. The van der Waals surface area contributed by atoms with E-state index in [4.69, 9.17) is 23.2 Å². The molecule has 3 fully saturated rings. The third-order valence-corrected chi connectivity index (χ3v) is 11.5. The number of phenols is 1. The highest BCUT2D eigenvalue weighted by Crippen LogP contribution is 2.66. The number of para-hydroxylation sites is 1. The number of alkyl halides is 2. The van der Waals surface area contributed by atoms with Gasteiger partial charge in [0.05, 0.1) is 23.2 Å². The zero-order valence-electron chi connectivity index (χ0n) is 24.5. The molecule has 4 aliphatic rings. The van der Waals surface area contributed by atoms with E-state index in [1.54, 1.807) is 37.3 Å². The van der Waals surface area contributed by atoms with E-state index in [0.29, 0.717) is 16.8 Å². The van der Waals surface area contributed by atoms with Crippen molar-refractivity contribution in [2.75, 3.05) is 9.80 Å². The van der Waals surface area contributed by atoms with Gasteiger partial charge in [-0.25, -0.2) is 9.29 Å². The first kappa shape index (κ1) is 29.7. The van der Waals surface area contributed by atoms with Gasteiger partial charge in [0, 0.05) is 11.5 Å². The van der Waals surface area contributed by atoms with Crippen molar-refractivity contribution in [3.05, 3.63) is 101 Å². The fourth-order valence-corrected chi connectivity index (χ4v) is 8.72. The topological polar surface area (TPSA) is 95.0 Å². The largest absolute Gasteiger partial charge is 0.507 e. The van der Waals surface area contributed by atoms with Crippen LogP contribution in [0, 0.1) is 30.5 Å². The first-order valence-electron chi connectivity index (χ1n) is 14.9. The van der Waals surface area contributed by atoms with Crippen LogP contribution in [0.15, 0.2) is 78.4 Å². The number of rotatable bonds is 4. The molecule has 2 saturated heterocycles. The maximum absolute atomic E-state index is 14.4. The summed E-state index contributed by atoms with van der Waals surface area (Å²) in [7, 11) is 0. The maximum Gasteiger partial charge on any atom is 0.258 e. The predicted molar refractivity (Wildman–Crippen MR) is 168 cm³/mol. The number of aryl methyl sites for hydroxylation is 2. The average molecular weight is 648 g/mol. The standard InChI is InChI=1S/C35H29Cl2FN2O5/c1-3-19-7-11-21(12-8-19)39-30(42)24-16-15-23-26(27(24)31(39)43)17-34(36)32(44)40(22-13-9-20(38)10-14-22)33(45)35(34,37)28(23)25-6-4-5-18(2)29(25)41/h4-15,24,26-28,41H,3,16-17H2,1-2H3. The Bertz CT molecular complexity index is 1830. The van der Waals surface area contributed by atoms with E-state index < -0.39 is 57.0 Å². The van der Waals surface area contributed by atoms with Crippen molar-refractivity contribution in [1.82, 2.24) is 0 Å². The number of carbonyl (C=O) groups is 4. The van der Waals surface area contributed by atoms with Gasteiger partial charge >= 0.3 is 0 Å². The minimum Gasteiger partial charge on any atom is -0.507 e. The summed E-state index contributed by atoms with van der Waals surface area (Å²) in [6, 6.07) is 17.1. The molecule has 0 spiro atoms. The number of allylic oxidation sites excluding steroid dienone is 2. The van der Waals surface area contributed by atoms with Crippen molar-refractivity contribution in [3.63, 3.8) is 0 Å². The first-order valence-corrected chi connectivity index (χ1v) is 15.7. The smallest absolute Gasteiger partial charge is 0.258 e. The molecule has 7 rings (SSSR count). The van der Waals surface area contributed by atoms with E-state index in [9.17, 15) is 28.7 Å². The summed E-state index contributed by atoms with van der Waals surface area (Å²) >= 11 is 14.7. The number of hydrogen-bond acceptors (Lipinski definition) is 5. The van der Waals surface area contributed by atoms with Crippen molar-refractivity contribution in [3.8, 4) is 5.75 Å². The average Bonchev–Trinajstić information content (AvgIpc) is 3.37. The molecule has 6 unspecified atom stereocenters. The summed E-state index contributed by atoms with van der Waals surface area (Å²) in [5.41, 5.74) is 3.00. The Labute approximate surface area is 269 Å². The van der Waals surface area contributed by atoms with Crippen molar-refractivity contribution in [2.24, 2.45) is 17.8 Å². The summed E-state index contributed by atoms with van der Waals surface area (Å²) in [5, 5.41) is 11.3. The number of aromatic hydroxyl groups is 1. The molecule has 6 atom stereocenters. The van der Waals surface area contributed by atoms with Gasteiger partial charge in [-0.15, -0.1) is 23.2 Å². The molecule has 45 heavy (non-hydrogen) atoms. The lowest BCUT2D eigenvalue weighted by Crippen LogP contribution is -2.60. The monoisotopic (exact) mass is 646 g/mol. The van der Waals surface area contributed by atoms with Crippen LogP contribution in [0.1, 0.15) is 42.4 Å². The lowest BCUT2D eigenvalue weighted by atomic mass is 9.56. The molecule has 0 aromatic heterocycles. The molecule has 7 nitrogen and oxygen atoms in total. The second kappa shape index (κ2) is 10.3. The number of hydrogen-bond donors (Lipinski definition) is 1. The van der Waals surface area contributed by atoms with Crippen LogP contribution in [0.25, 0.3) is 0 Å². The van der Waals surface area contributed by atoms with E-state index in [-0.39, 0.29) is 35.7 Å². The van der Waals surface area contributed by atoms with Crippen LogP contribution < -0.4 is 9.80 Å². The number of anilines is 2. The van der Waals surface area contributed by atoms with E-state index in [1.807, 2.05) is 25.1 Å². The highest BCUT2D eigenvalue weighted by atomic mass is 35.5. The molecule has 4 amide bonds.